The third-order valence-corrected chi connectivity index (χ3v) is 6.58. The van der Waals surface area contributed by atoms with Gasteiger partial charge in [-0.3, -0.25) is 9.59 Å². The Balaban J connectivity index is 1.62. The van der Waals surface area contributed by atoms with Gasteiger partial charge in [0.15, 0.2) is 0 Å². The number of hydrogen-bond donors (Lipinski definition) is 1. The van der Waals surface area contributed by atoms with Gasteiger partial charge in [-0.1, -0.05) is 55.5 Å². The van der Waals surface area contributed by atoms with Crippen LogP contribution in [0, 0.1) is 6.92 Å². The highest BCUT2D eigenvalue weighted by atomic mass is 32.1. The molecule has 4 rings (SSSR count). The van der Waals surface area contributed by atoms with Crippen LogP contribution in [0.5, 0.6) is 0 Å². The van der Waals surface area contributed by atoms with E-state index in [4.69, 9.17) is 0 Å². The molecule has 0 spiro atoms. The number of hydrogen-bond acceptors (Lipinski definition) is 4. The van der Waals surface area contributed by atoms with Crippen LogP contribution in [0.15, 0.2) is 59.4 Å². The van der Waals surface area contributed by atoms with Crippen molar-refractivity contribution in [2.75, 3.05) is 6.54 Å². The summed E-state index contributed by atoms with van der Waals surface area (Å²) in [7, 11) is 0. The van der Waals surface area contributed by atoms with Gasteiger partial charge in [0.05, 0.1) is 15.8 Å². The Morgan fingerprint density at radius 2 is 1.79 bits per heavy atom. The van der Waals surface area contributed by atoms with Gasteiger partial charge in [-0.05, 0) is 31.4 Å². The van der Waals surface area contributed by atoms with Gasteiger partial charge in [0.25, 0.3) is 5.56 Å². The van der Waals surface area contributed by atoms with Crippen molar-refractivity contribution in [3.63, 3.8) is 0 Å². The van der Waals surface area contributed by atoms with E-state index >= 15 is 0 Å². The molecule has 0 unspecified atom stereocenters. The van der Waals surface area contributed by atoms with Crippen molar-refractivity contribution in [1.29, 1.82) is 0 Å². The molecular formula is C23H23N3O2S. The lowest BCUT2D eigenvalue weighted by Gasteiger charge is -2.17. The van der Waals surface area contributed by atoms with Crippen LogP contribution in [0.4, 0.5) is 0 Å². The number of benzene rings is 2. The van der Waals surface area contributed by atoms with E-state index in [1.165, 1.54) is 4.68 Å². The second-order valence-electron chi connectivity index (χ2n) is 7.37. The first-order valence-electron chi connectivity index (χ1n) is 9.70. The average Bonchev–Trinajstić information content (AvgIpc) is 3.15. The average molecular weight is 406 g/mol. The SMILES string of the molecule is Cc1nn([C@H](C)C(=O)NC[C@H](C)c2ccccc2)c(=O)c2c1sc1ccccc12. The largest absolute Gasteiger partial charge is 0.354 e. The molecule has 0 saturated heterocycles. The van der Waals surface area contributed by atoms with Crippen molar-refractivity contribution >= 4 is 37.4 Å². The third-order valence-electron chi connectivity index (χ3n) is 5.30. The number of nitrogens with one attached hydrogen (secondary N) is 1. The van der Waals surface area contributed by atoms with Gasteiger partial charge in [0, 0.05) is 16.6 Å². The summed E-state index contributed by atoms with van der Waals surface area (Å²) in [6, 6.07) is 17.2. The molecule has 0 bridgehead atoms. The fourth-order valence-electron chi connectivity index (χ4n) is 3.55. The first-order chi connectivity index (χ1) is 14.0. The molecule has 2 atom stereocenters. The lowest BCUT2D eigenvalue weighted by atomic mass is 10.0. The van der Waals surface area contributed by atoms with Crippen LogP contribution in [0.3, 0.4) is 0 Å². The first kappa shape index (κ1) is 19.3. The summed E-state index contributed by atoms with van der Waals surface area (Å²) < 4.78 is 3.26. The number of fused-ring (bicyclic) bond motifs is 3. The Labute approximate surface area is 173 Å². The van der Waals surface area contributed by atoms with E-state index in [1.54, 1.807) is 18.3 Å². The summed E-state index contributed by atoms with van der Waals surface area (Å²) in [5.74, 6) is -0.0252. The van der Waals surface area contributed by atoms with Gasteiger partial charge in [-0.15, -0.1) is 11.3 Å². The van der Waals surface area contributed by atoms with Crippen LogP contribution in [0.25, 0.3) is 20.2 Å². The number of thiophene rings is 1. The summed E-state index contributed by atoms with van der Waals surface area (Å²) in [4.78, 5) is 26.0. The lowest BCUT2D eigenvalue weighted by molar-refractivity contribution is -0.124. The zero-order chi connectivity index (χ0) is 20.5. The smallest absolute Gasteiger partial charge is 0.276 e. The summed E-state index contributed by atoms with van der Waals surface area (Å²) >= 11 is 1.57. The normalized spacial score (nSPS) is 13.5. The van der Waals surface area contributed by atoms with Crippen LogP contribution in [-0.4, -0.2) is 22.2 Å². The van der Waals surface area contributed by atoms with E-state index in [0.717, 1.165) is 26.0 Å². The van der Waals surface area contributed by atoms with Crippen molar-refractivity contribution in [2.45, 2.75) is 32.7 Å². The highest BCUT2D eigenvalue weighted by Gasteiger charge is 2.22. The predicted molar refractivity (Wildman–Crippen MR) is 119 cm³/mol. The zero-order valence-corrected chi connectivity index (χ0v) is 17.5. The molecule has 0 aliphatic carbocycles. The highest BCUT2D eigenvalue weighted by Crippen LogP contribution is 2.32. The summed E-state index contributed by atoms with van der Waals surface area (Å²) in [6.07, 6.45) is 0. The molecule has 1 N–H and O–H groups in total. The molecule has 0 fully saturated rings. The molecule has 148 valence electrons. The molecule has 6 heteroatoms. The number of carbonyl (C=O) groups is 1. The zero-order valence-electron chi connectivity index (χ0n) is 16.7. The maximum Gasteiger partial charge on any atom is 0.276 e. The summed E-state index contributed by atoms with van der Waals surface area (Å²) in [5, 5.41) is 8.99. The van der Waals surface area contributed by atoms with Gasteiger partial charge in [-0.25, -0.2) is 4.68 Å². The van der Waals surface area contributed by atoms with Crippen LogP contribution < -0.4 is 10.9 Å². The Kier molecular flexibility index (Phi) is 5.20. The maximum absolute atomic E-state index is 13.2. The second kappa shape index (κ2) is 7.79. The van der Waals surface area contributed by atoms with Gasteiger partial charge in [0.1, 0.15) is 6.04 Å². The number of rotatable bonds is 5. The molecule has 2 aromatic heterocycles. The van der Waals surface area contributed by atoms with E-state index in [1.807, 2.05) is 61.5 Å². The van der Waals surface area contributed by atoms with Crippen LogP contribution in [0.1, 0.15) is 37.1 Å². The van der Waals surface area contributed by atoms with Gasteiger partial charge in [-0.2, -0.15) is 5.10 Å². The van der Waals surface area contributed by atoms with Crippen molar-refractivity contribution in [2.24, 2.45) is 0 Å². The Morgan fingerprint density at radius 3 is 2.55 bits per heavy atom. The standard InChI is InChI=1S/C23H23N3O2S/c1-14(17-9-5-4-6-10-17)13-24-22(27)16(3)26-23(28)20-18-11-7-8-12-19(18)29-21(20)15(2)25-26/h4-12,14,16H,13H2,1-3H3,(H,24,27)/t14-,16+/m0/s1. The van der Waals surface area contributed by atoms with Gasteiger partial charge in [0.2, 0.25) is 5.91 Å². The van der Waals surface area contributed by atoms with Crippen molar-refractivity contribution in [1.82, 2.24) is 15.1 Å². The Morgan fingerprint density at radius 1 is 1.10 bits per heavy atom. The highest BCUT2D eigenvalue weighted by molar-refractivity contribution is 7.26. The molecule has 4 aromatic rings. The lowest BCUT2D eigenvalue weighted by Crippen LogP contribution is -2.38. The Bertz CT molecular complexity index is 1240. The minimum absolute atomic E-state index is 0.182. The van der Waals surface area contributed by atoms with Gasteiger partial charge < -0.3 is 5.32 Å². The maximum atomic E-state index is 13.2. The molecule has 0 aliphatic heterocycles. The molecule has 0 aliphatic rings. The number of carbonyl (C=O) groups excluding carboxylic acids is 1. The fourth-order valence-corrected chi connectivity index (χ4v) is 4.69. The fraction of sp³-hybridized carbons (Fsp3) is 0.261. The minimum atomic E-state index is -0.688. The summed E-state index contributed by atoms with van der Waals surface area (Å²) in [5.41, 5.74) is 1.71. The molecular weight excluding hydrogens is 382 g/mol. The quantitative estimate of drug-likeness (QED) is 0.535. The van der Waals surface area contributed by atoms with E-state index in [9.17, 15) is 9.59 Å². The van der Waals surface area contributed by atoms with E-state index in [2.05, 4.69) is 17.3 Å². The molecule has 0 saturated carbocycles. The van der Waals surface area contributed by atoms with E-state index in [0.29, 0.717) is 11.9 Å². The van der Waals surface area contributed by atoms with Crippen LogP contribution in [-0.2, 0) is 4.79 Å². The molecule has 1 amide bonds. The number of aromatic nitrogens is 2. The van der Waals surface area contributed by atoms with Crippen LogP contribution in [0.2, 0.25) is 0 Å². The van der Waals surface area contributed by atoms with Gasteiger partial charge >= 0.3 is 0 Å². The van der Waals surface area contributed by atoms with Crippen molar-refractivity contribution in [3.05, 3.63) is 76.2 Å². The van der Waals surface area contributed by atoms with Crippen LogP contribution >= 0.6 is 11.3 Å². The van der Waals surface area contributed by atoms with E-state index in [-0.39, 0.29) is 17.4 Å². The minimum Gasteiger partial charge on any atom is -0.354 e. The number of aryl methyl sites for hydroxylation is 1. The second-order valence-corrected chi connectivity index (χ2v) is 8.42. The first-order valence-corrected chi connectivity index (χ1v) is 10.5. The molecule has 5 nitrogen and oxygen atoms in total. The monoisotopic (exact) mass is 405 g/mol. The van der Waals surface area contributed by atoms with Crippen molar-refractivity contribution in [3.8, 4) is 0 Å². The predicted octanol–water partition coefficient (Wildman–Crippen LogP) is 4.40. The summed E-state index contributed by atoms with van der Waals surface area (Å²) in [6.45, 7) is 6.18. The third kappa shape index (κ3) is 3.56. The molecule has 0 radical (unpaired) electrons. The Hall–Kier alpha value is -2.99. The number of nitrogens with zero attached hydrogens (tertiary/aromatic N) is 2. The molecule has 2 heterocycles. The molecule has 2 aromatic carbocycles. The topological polar surface area (TPSA) is 64.0 Å². The van der Waals surface area contributed by atoms with Crippen molar-refractivity contribution < 1.29 is 4.79 Å². The molecule has 29 heavy (non-hydrogen) atoms. The number of amides is 1. The van der Waals surface area contributed by atoms with E-state index < -0.39 is 6.04 Å².